The quantitative estimate of drug-likeness (QED) is 0.508. The molecule has 3 aromatic rings. The van der Waals surface area contributed by atoms with Gasteiger partial charge in [0.15, 0.2) is 0 Å². The summed E-state index contributed by atoms with van der Waals surface area (Å²) in [4.78, 5) is 9.41. The van der Waals surface area contributed by atoms with E-state index >= 15 is 0 Å². The number of pyridine rings is 1. The monoisotopic (exact) mass is 443 g/mol. The summed E-state index contributed by atoms with van der Waals surface area (Å²) in [6.45, 7) is 8.14. The van der Waals surface area contributed by atoms with E-state index in [-0.39, 0.29) is 5.75 Å². The van der Waals surface area contributed by atoms with Crippen molar-refractivity contribution in [3.63, 3.8) is 0 Å². The molecule has 0 spiro atoms. The summed E-state index contributed by atoms with van der Waals surface area (Å²) in [7, 11) is 2.17. The van der Waals surface area contributed by atoms with Gasteiger partial charge in [0.2, 0.25) is 5.88 Å². The second-order valence-corrected chi connectivity index (χ2v) is 8.50. The number of nitrogens with zero attached hydrogens (tertiary/aromatic N) is 3. The SMILES string of the molecule is CC/C(=C(\c1ccc(O)cc1)c1ccc(OCCN2CCN(C)CC2)nc1)c1ccccc1. The highest BCUT2D eigenvalue weighted by Gasteiger charge is 2.15. The number of benzene rings is 2. The molecule has 1 N–H and O–H groups in total. The van der Waals surface area contributed by atoms with E-state index in [1.165, 1.54) is 11.1 Å². The first-order valence-electron chi connectivity index (χ1n) is 11.7. The fraction of sp³-hybridized carbons (Fsp3) is 0.321. The third-order valence-corrected chi connectivity index (χ3v) is 6.21. The standard InChI is InChI=1S/C28H33N3O2/c1-3-26(22-7-5-4-6-8-22)28(23-9-12-25(32)13-10-23)24-11-14-27(29-21-24)33-20-19-31-17-15-30(2)16-18-31/h4-14,21,32H,3,15-20H2,1-2H3/b28-26-. The highest BCUT2D eigenvalue weighted by atomic mass is 16.5. The smallest absolute Gasteiger partial charge is 0.213 e. The molecule has 1 aliphatic rings. The molecule has 0 bridgehead atoms. The number of hydrogen-bond acceptors (Lipinski definition) is 5. The molecule has 1 saturated heterocycles. The summed E-state index contributed by atoms with van der Waals surface area (Å²) >= 11 is 0. The van der Waals surface area contributed by atoms with Gasteiger partial charge in [0, 0.05) is 50.6 Å². The molecule has 1 fully saturated rings. The zero-order chi connectivity index (χ0) is 23.0. The molecule has 2 aromatic carbocycles. The van der Waals surface area contributed by atoms with Crippen molar-refractivity contribution < 1.29 is 9.84 Å². The van der Waals surface area contributed by atoms with Crippen LogP contribution in [0.4, 0.5) is 0 Å². The van der Waals surface area contributed by atoms with Crippen LogP contribution >= 0.6 is 0 Å². The zero-order valence-corrected chi connectivity index (χ0v) is 19.6. The van der Waals surface area contributed by atoms with Gasteiger partial charge >= 0.3 is 0 Å². The maximum absolute atomic E-state index is 9.80. The Kier molecular flexibility index (Phi) is 7.76. The average molecular weight is 444 g/mol. The number of hydrogen-bond donors (Lipinski definition) is 1. The fourth-order valence-electron chi connectivity index (χ4n) is 4.27. The Hall–Kier alpha value is -3.15. The van der Waals surface area contributed by atoms with E-state index in [1.807, 2.05) is 30.5 Å². The van der Waals surface area contributed by atoms with Crippen molar-refractivity contribution in [1.29, 1.82) is 0 Å². The lowest BCUT2D eigenvalue weighted by atomic mass is 9.89. The summed E-state index contributed by atoms with van der Waals surface area (Å²) in [5.41, 5.74) is 5.65. The van der Waals surface area contributed by atoms with Gasteiger partial charge in [-0.15, -0.1) is 0 Å². The number of phenolic OH excluding ortho intramolecular Hbond substituents is 1. The summed E-state index contributed by atoms with van der Waals surface area (Å²) in [5.74, 6) is 0.911. The predicted molar refractivity (Wildman–Crippen MR) is 134 cm³/mol. The van der Waals surface area contributed by atoms with Crippen molar-refractivity contribution in [3.8, 4) is 11.6 Å². The van der Waals surface area contributed by atoms with E-state index in [1.54, 1.807) is 12.1 Å². The van der Waals surface area contributed by atoms with E-state index < -0.39 is 0 Å². The van der Waals surface area contributed by atoms with E-state index in [0.717, 1.165) is 55.8 Å². The fourth-order valence-corrected chi connectivity index (χ4v) is 4.27. The van der Waals surface area contributed by atoms with Crippen molar-refractivity contribution >= 4 is 11.1 Å². The number of phenols is 1. The Morgan fingerprint density at radius 3 is 2.21 bits per heavy atom. The highest BCUT2D eigenvalue weighted by Crippen LogP contribution is 2.35. The predicted octanol–water partition coefficient (Wildman–Crippen LogP) is 4.78. The number of piperazine rings is 1. The molecular weight excluding hydrogens is 410 g/mol. The lowest BCUT2D eigenvalue weighted by Gasteiger charge is -2.32. The number of likely N-dealkylation sites (N-methyl/N-ethyl adjacent to an activating group) is 1. The number of ether oxygens (including phenoxy) is 1. The Morgan fingerprint density at radius 1 is 0.879 bits per heavy atom. The number of allylic oxidation sites excluding steroid dienone is 1. The molecule has 5 heteroatoms. The molecule has 1 aromatic heterocycles. The van der Waals surface area contributed by atoms with Gasteiger partial charge in [-0.25, -0.2) is 4.98 Å². The van der Waals surface area contributed by atoms with Crippen molar-refractivity contribution in [2.45, 2.75) is 13.3 Å². The third-order valence-electron chi connectivity index (χ3n) is 6.21. The molecule has 5 nitrogen and oxygen atoms in total. The Bertz CT molecular complexity index is 1040. The minimum absolute atomic E-state index is 0.262. The van der Waals surface area contributed by atoms with Gasteiger partial charge in [0.05, 0.1) is 0 Å². The lowest BCUT2D eigenvalue weighted by molar-refractivity contribution is 0.132. The van der Waals surface area contributed by atoms with Crippen molar-refractivity contribution in [3.05, 3.63) is 89.6 Å². The lowest BCUT2D eigenvalue weighted by Crippen LogP contribution is -2.45. The molecule has 0 amide bonds. The topological polar surface area (TPSA) is 48.8 Å². The Labute approximate surface area is 197 Å². The molecule has 0 aliphatic carbocycles. The van der Waals surface area contributed by atoms with Gasteiger partial charge in [-0.1, -0.05) is 49.4 Å². The van der Waals surface area contributed by atoms with E-state index in [9.17, 15) is 5.11 Å². The number of aromatic nitrogens is 1. The molecule has 2 heterocycles. The van der Waals surface area contributed by atoms with Gasteiger partial charge in [-0.05, 0) is 53.9 Å². The van der Waals surface area contributed by atoms with Gasteiger partial charge in [-0.2, -0.15) is 0 Å². The third kappa shape index (κ3) is 6.01. The number of aromatic hydroxyl groups is 1. The van der Waals surface area contributed by atoms with E-state index in [0.29, 0.717) is 12.5 Å². The van der Waals surface area contributed by atoms with Gasteiger partial charge < -0.3 is 14.7 Å². The normalized spacial score (nSPS) is 15.8. The van der Waals surface area contributed by atoms with Crippen LogP contribution in [0.2, 0.25) is 0 Å². The molecule has 1 aliphatic heterocycles. The van der Waals surface area contributed by atoms with Crippen LogP contribution < -0.4 is 4.74 Å². The van der Waals surface area contributed by atoms with Crippen molar-refractivity contribution in [2.75, 3.05) is 46.4 Å². The van der Waals surface area contributed by atoms with Crippen LogP contribution in [-0.2, 0) is 0 Å². The minimum Gasteiger partial charge on any atom is -0.508 e. The summed E-state index contributed by atoms with van der Waals surface area (Å²) in [6, 6.07) is 21.9. The van der Waals surface area contributed by atoms with Crippen LogP contribution in [-0.4, -0.2) is 66.3 Å². The minimum atomic E-state index is 0.262. The van der Waals surface area contributed by atoms with Crippen LogP contribution in [0.3, 0.4) is 0 Å². The summed E-state index contributed by atoms with van der Waals surface area (Å²) in [5, 5.41) is 9.80. The second-order valence-electron chi connectivity index (χ2n) is 8.50. The maximum atomic E-state index is 9.80. The van der Waals surface area contributed by atoms with Crippen LogP contribution in [0.25, 0.3) is 11.1 Å². The van der Waals surface area contributed by atoms with Gasteiger partial charge in [0.1, 0.15) is 12.4 Å². The molecule has 0 atom stereocenters. The largest absolute Gasteiger partial charge is 0.508 e. The highest BCUT2D eigenvalue weighted by molar-refractivity contribution is 5.98. The molecule has 0 saturated carbocycles. The Balaban J connectivity index is 1.55. The summed E-state index contributed by atoms with van der Waals surface area (Å²) in [6.07, 6.45) is 2.77. The van der Waals surface area contributed by atoms with Gasteiger partial charge in [0.25, 0.3) is 0 Å². The van der Waals surface area contributed by atoms with E-state index in [4.69, 9.17) is 4.74 Å². The van der Waals surface area contributed by atoms with E-state index in [2.05, 4.69) is 59.1 Å². The molecule has 4 rings (SSSR count). The molecule has 0 unspecified atom stereocenters. The van der Waals surface area contributed by atoms with Crippen LogP contribution in [0.15, 0.2) is 72.9 Å². The van der Waals surface area contributed by atoms with Crippen LogP contribution in [0.1, 0.15) is 30.0 Å². The van der Waals surface area contributed by atoms with Crippen LogP contribution in [0, 0.1) is 0 Å². The summed E-state index contributed by atoms with van der Waals surface area (Å²) < 4.78 is 5.95. The molecule has 0 radical (unpaired) electrons. The average Bonchev–Trinajstić information content (AvgIpc) is 2.86. The van der Waals surface area contributed by atoms with Crippen molar-refractivity contribution in [2.24, 2.45) is 0 Å². The Morgan fingerprint density at radius 2 is 1.58 bits per heavy atom. The molecule has 33 heavy (non-hydrogen) atoms. The first-order chi connectivity index (χ1) is 16.1. The van der Waals surface area contributed by atoms with Crippen LogP contribution in [0.5, 0.6) is 11.6 Å². The zero-order valence-electron chi connectivity index (χ0n) is 19.6. The molecular formula is C28H33N3O2. The number of rotatable bonds is 8. The first-order valence-corrected chi connectivity index (χ1v) is 11.7. The first kappa shape index (κ1) is 23.0. The van der Waals surface area contributed by atoms with Gasteiger partial charge in [-0.3, -0.25) is 4.90 Å². The maximum Gasteiger partial charge on any atom is 0.213 e. The molecule has 172 valence electrons. The second kappa shape index (κ2) is 11.1. The van der Waals surface area contributed by atoms with Crippen molar-refractivity contribution in [1.82, 2.24) is 14.8 Å².